The number of aryl methyl sites for hydroxylation is 1. The van der Waals surface area contributed by atoms with Gasteiger partial charge in [-0.2, -0.15) is 0 Å². The van der Waals surface area contributed by atoms with Gasteiger partial charge in [0.15, 0.2) is 0 Å². The summed E-state index contributed by atoms with van der Waals surface area (Å²) in [5.41, 5.74) is 12.1. The van der Waals surface area contributed by atoms with Crippen molar-refractivity contribution in [3.8, 4) is 11.1 Å². The highest BCUT2D eigenvalue weighted by atomic mass is 14.5. The molecule has 1 nitrogen and oxygen atoms in total. The van der Waals surface area contributed by atoms with Gasteiger partial charge in [0.25, 0.3) is 0 Å². The summed E-state index contributed by atoms with van der Waals surface area (Å²) in [6.45, 7) is 2.45. The van der Waals surface area contributed by atoms with Gasteiger partial charge >= 0.3 is 0 Å². The first-order chi connectivity index (χ1) is 7.29. The van der Waals surface area contributed by atoms with Gasteiger partial charge in [0, 0.05) is 6.54 Å². The topological polar surface area (TPSA) is 23.8 Å². The van der Waals surface area contributed by atoms with Crippen LogP contribution in [0.4, 0.5) is 0 Å². The van der Waals surface area contributed by atoms with Crippen molar-refractivity contribution in [3.05, 3.63) is 59.7 Å². The van der Waals surface area contributed by atoms with E-state index in [0.717, 1.165) is 5.56 Å². The van der Waals surface area contributed by atoms with Crippen LogP contribution >= 0.6 is 0 Å². The monoisotopic (exact) mass is 196 g/mol. The van der Waals surface area contributed by atoms with Crippen LogP contribution in [-0.4, -0.2) is 0 Å². The molecule has 2 aromatic carbocycles. The fourth-order valence-electron chi connectivity index (χ4n) is 1.64. The zero-order chi connectivity index (χ0) is 10.7. The van der Waals surface area contributed by atoms with Crippen LogP contribution < -0.4 is 5.73 Å². The molecular formula is C14H14N. The lowest BCUT2D eigenvalue weighted by atomic mass is 10.0. The lowest BCUT2D eigenvalue weighted by Gasteiger charge is -2.03. The molecule has 1 radical (unpaired) electrons. The molecule has 0 atom stereocenters. The Morgan fingerprint density at radius 2 is 1.67 bits per heavy atom. The van der Waals surface area contributed by atoms with Crippen LogP contribution in [0.1, 0.15) is 11.1 Å². The van der Waals surface area contributed by atoms with Gasteiger partial charge in [-0.15, -0.1) is 0 Å². The fraction of sp³-hybridized carbons (Fsp3) is 0.143. The quantitative estimate of drug-likeness (QED) is 0.702. The number of rotatable bonds is 2. The zero-order valence-corrected chi connectivity index (χ0v) is 8.83. The minimum absolute atomic E-state index is 0.355. The fourth-order valence-corrected chi connectivity index (χ4v) is 1.64. The lowest BCUT2D eigenvalue weighted by Crippen LogP contribution is -1.84. The van der Waals surface area contributed by atoms with Crippen LogP contribution in [0, 0.1) is 6.92 Å². The largest absolute Gasteiger partial charge is 0.253 e. The molecule has 0 aliphatic rings. The van der Waals surface area contributed by atoms with E-state index in [9.17, 15) is 0 Å². The molecular weight excluding hydrogens is 182 g/mol. The lowest BCUT2D eigenvalue weighted by molar-refractivity contribution is 1.03. The normalized spacial score (nSPS) is 10.3. The molecule has 0 saturated carbocycles. The van der Waals surface area contributed by atoms with E-state index in [1.54, 1.807) is 0 Å². The Balaban J connectivity index is 2.37. The van der Waals surface area contributed by atoms with Crippen LogP contribution in [0.3, 0.4) is 0 Å². The molecule has 0 saturated heterocycles. The predicted octanol–water partition coefficient (Wildman–Crippen LogP) is 3.44. The van der Waals surface area contributed by atoms with Gasteiger partial charge < -0.3 is 0 Å². The Bertz CT molecular complexity index is 443. The molecule has 0 fully saturated rings. The summed E-state index contributed by atoms with van der Waals surface area (Å²) >= 11 is 0. The third-order valence-corrected chi connectivity index (χ3v) is 2.51. The van der Waals surface area contributed by atoms with E-state index in [2.05, 4.69) is 43.3 Å². The average Bonchev–Trinajstić information content (AvgIpc) is 2.29. The molecule has 15 heavy (non-hydrogen) atoms. The average molecular weight is 196 g/mol. The van der Waals surface area contributed by atoms with Crippen molar-refractivity contribution in [1.82, 2.24) is 5.73 Å². The Morgan fingerprint density at radius 1 is 0.933 bits per heavy atom. The van der Waals surface area contributed by atoms with E-state index < -0.39 is 0 Å². The summed E-state index contributed by atoms with van der Waals surface area (Å²) < 4.78 is 0. The van der Waals surface area contributed by atoms with Crippen molar-refractivity contribution >= 4 is 0 Å². The number of nitrogens with one attached hydrogen (secondary N) is 1. The molecule has 0 unspecified atom stereocenters. The standard InChI is InChI=1S/C14H14N/c1-11-3-2-4-14(9-11)13-7-5-12(10-15)6-8-13/h2-9,15H,10H2,1H3. The third kappa shape index (κ3) is 2.25. The molecule has 0 bridgehead atoms. The van der Waals surface area contributed by atoms with Crippen molar-refractivity contribution in [2.75, 3.05) is 0 Å². The summed E-state index contributed by atoms with van der Waals surface area (Å²) in [5.74, 6) is 0. The van der Waals surface area contributed by atoms with E-state index in [1.165, 1.54) is 16.7 Å². The van der Waals surface area contributed by atoms with Crippen LogP contribution in [0.15, 0.2) is 48.5 Å². The summed E-state index contributed by atoms with van der Waals surface area (Å²) in [4.78, 5) is 0. The van der Waals surface area contributed by atoms with Gasteiger partial charge in [-0.1, -0.05) is 54.1 Å². The maximum atomic E-state index is 7.25. The van der Waals surface area contributed by atoms with Gasteiger partial charge in [0.05, 0.1) is 0 Å². The molecule has 0 aliphatic heterocycles. The minimum Gasteiger partial charge on any atom is -0.253 e. The third-order valence-electron chi connectivity index (χ3n) is 2.51. The first-order valence-corrected chi connectivity index (χ1v) is 5.10. The van der Waals surface area contributed by atoms with Gasteiger partial charge in [-0.25, -0.2) is 0 Å². The molecule has 0 aliphatic carbocycles. The van der Waals surface area contributed by atoms with Crippen molar-refractivity contribution in [1.29, 1.82) is 0 Å². The zero-order valence-electron chi connectivity index (χ0n) is 8.83. The number of hydrogen-bond donors (Lipinski definition) is 0. The molecule has 2 rings (SSSR count). The van der Waals surface area contributed by atoms with Crippen LogP contribution in [-0.2, 0) is 6.54 Å². The molecule has 1 heteroatoms. The van der Waals surface area contributed by atoms with Crippen LogP contribution in [0.5, 0.6) is 0 Å². The van der Waals surface area contributed by atoms with Crippen LogP contribution in [0.2, 0.25) is 0 Å². The van der Waals surface area contributed by atoms with E-state index in [-0.39, 0.29) is 0 Å². The molecule has 0 amide bonds. The Labute approximate surface area is 90.6 Å². The second kappa shape index (κ2) is 4.28. The van der Waals surface area contributed by atoms with Gasteiger partial charge in [-0.05, 0) is 23.6 Å². The molecule has 75 valence electrons. The summed E-state index contributed by atoms with van der Waals surface area (Å²) in [5, 5.41) is 0. The van der Waals surface area contributed by atoms with Gasteiger partial charge in [0.2, 0.25) is 0 Å². The second-order valence-corrected chi connectivity index (χ2v) is 3.74. The Hall–Kier alpha value is -1.60. The molecule has 0 heterocycles. The van der Waals surface area contributed by atoms with Crippen molar-refractivity contribution in [2.24, 2.45) is 0 Å². The van der Waals surface area contributed by atoms with E-state index in [1.807, 2.05) is 12.1 Å². The van der Waals surface area contributed by atoms with Gasteiger partial charge in [-0.3, -0.25) is 5.73 Å². The Morgan fingerprint density at radius 3 is 2.27 bits per heavy atom. The predicted molar refractivity (Wildman–Crippen MR) is 63.4 cm³/mol. The highest BCUT2D eigenvalue weighted by molar-refractivity contribution is 5.64. The smallest absolute Gasteiger partial charge is 0.0351 e. The van der Waals surface area contributed by atoms with Crippen LogP contribution in [0.25, 0.3) is 11.1 Å². The Kier molecular flexibility index (Phi) is 2.84. The summed E-state index contributed by atoms with van der Waals surface area (Å²) in [6, 6.07) is 16.7. The van der Waals surface area contributed by atoms with Gasteiger partial charge in [0.1, 0.15) is 0 Å². The molecule has 0 aromatic heterocycles. The summed E-state index contributed by atoms with van der Waals surface area (Å²) in [6.07, 6.45) is 0. The molecule has 0 spiro atoms. The van der Waals surface area contributed by atoms with E-state index >= 15 is 0 Å². The first kappa shape index (κ1) is 9.94. The van der Waals surface area contributed by atoms with E-state index in [0.29, 0.717) is 6.54 Å². The highest BCUT2D eigenvalue weighted by Gasteiger charge is 1.97. The number of benzene rings is 2. The molecule has 1 N–H and O–H groups in total. The second-order valence-electron chi connectivity index (χ2n) is 3.74. The molecule has 2 aromatic rings. The maximum absolute atomic E-state index is 7.25. The minimum atomic E-state index is 0.355. The summed E-state index contributed by atoms with van der Waals surface area (Å²) in [7, 11) is 0. The van der Waals surface area contributed by atoms with Crippen molar-refractivity contribution in [3.63, 3.8) is 0 Å². The maximum Gasteiger partial charge on any atom is 0.0351 e. The van der Waals surface area contributed by atoms with E-state index in [4.69, 9.17) is 5.73 Å². The van der Waals surface area contributed by atoms with Crippen molar-refractivity contribution in [2.45, 2.75) is 13.5 Å². The SMILES string of the molecule is Cc1cccc(-c2ccc(C[NH])cc2)c1. The number of hydrogen-bond acceptors (Lipinski definition) is 0. The van der Waals surface area contributed by atoms with Crippen molar-refractivity contribution < 1.29 is 0 Å². The first-order valence-electron chi connectivity index (χ1n) is 5.10. The highest BCUT2D eigenvalue weighted by Crippen LogP contribution is 2.20.